The first-order valence-corrected chi connectivity index (χ1v) is 13.5. The first-order chi connectivity index (χ1) is 20.2. The second-order valence-electron chi connectivity index (χ2n) is 9.81. The molecule has 0 aliphatic carbocycles. The summed E-state index contributed by atoms with van der Waals surface area (Å²) < 4.78 is 41.9. The van der Waals surface area contributed by atoms with Gasteiger partial charge in [0.1, 0.15) is 5.52 Å². The van der Waals surface area contributed by atoms with E-state index in [4.69, 9.17) is 0 Å². The molecule has 12 heteroatoms. The molecule has 2 aromatic heterocycles. The molecule has 1 saturated heterocycles. The van der Waals surface area contributed by atoms with Crippen molar-refractivity contribution in [3.05, 3.63) is 78.0 Å². The number of anilines is 3. The number of benzene rings is 2. The van der Waals surface area contributed by atoms with Crippen LogP contribution in [0, 0.1) is 0 Å². The fraction of sp³-hybridized carbons (Fsp3) is 0.267. The molecule has 3 N–H and O–H groups in total. The lowest BCUT2D eigenvalue weighted by molar-refractivity contribution is -0.137. The number of rotatable bonds is 6. The molecule has 0 atom stereocenters. The maximum absolute atomic E-state index is 14.0. The van der Waals surface area contributed by atoms with Crippen LogP contribution in [-0.4, -0.2) is 66.6 Å². The Labute approximate surface area is 240 Å². The van der Waals surface area contributed by atoms with Crippen molar-refractivity contribution in [2.24, 2.45) is 0 Å². The van der Waals surface area contributed by atoms with Crippen LogP contribution in [0.3, 0.4) is 0 Å². The third-order valence-electron chi connectivity index (χ3n) is 7.19. The molecule has 1 aliphatic rings. The van der Waals surface area contributed by atoms with Gasteiger partial charge in [-0.05, 0) is 55.1 Å². The predicted octanol–water partition coefficient (Wildman–Crippen LogP) is 5.46. The second-order valence-corrected chi connectivity index (χ2v) is 9.81. The van der Waals surface area contributed by atoms with E-state index in [1.54, 1.807) is 53.6 Å². The highest BCUT2D eigenvalue weighted by Gasteiger charge is 2.36. The Balaban J connectivity index is 1.30. The van der Waals surface area contributed by atoms with E-state index in [1.165, 1.54) is 19.2 Å². The summed E-state index contributed by atoms with van der Waals surface area (Å²) in [4.78, 5) is 37.9. The van der Waals surface area contributed by atoms with Gasteiger partial charge in [0.15, 0.2) is 0 Å². The van der Waals surface area contributed by atoms with Crippen LogP contribution in [0.1, 0.15) is 22.8 Å². The Hall–Kier alpha value is -4.71. The van der Waals surface area contributed by atoms with Crippen LogP contribution in [0.2, 0.25) is 0 Å². The third-order valence-corrected chi connectivity index (χ3v) is 7.19. The van der Waals surface area contributed by atoms with E-state index in [2.05, 4.69) is 30.8 Å². The van der Waals surface area contributed by atoms with Gasteiger partial charge in [0.05, 0.1) is 22.3 Å². The SMILES string of the molecule is CCN1CCN(c2ccc(NC(=O)Nc3ccc(-c4cc(C(=O)NC)c5ncccc5n4)cc3)cc2C(F)(F)F)CC1. The highest BCUT2D eigenvalue weighted by atomic mass is 19.4. The van der Waals surface area contributed by atoms with Gasteiger partial charge in [0.25, 0.3) is 5.91 Å². The van der Waals surface area contributed by atoms with Gasteiger partial charge in [-0.2, -0.15) is 13.2 Å². The molecule has 0 spiro atoms. The van der Waals surface area contributed by atoms with Gasteiger partial charge in [-0.15, -0.1) is 0 Å². The van der Waals surface area contributed by atoms with E-state index in [1.807, 2.05) is 6.92 Å². The largest absolute Gasteiger partial charge is 0.418 e. The maximum atomic E-state index is 14.0. The van der Waals surface area contributed by atoms with E-state index in [9.17, 15) is 22.8 Å². The lowest BCUT2D eigenvalue weighted by Gasteiger charge is -2.36. The fourth-order valence-corrected chi connectivity index (χ4v) is 4.96. The Morgan fingerprint density at radius 3 is 2.29 bits per heavy atom. The smallest absolute Gasteiger partial charge is 0.368 e. The average molecular weight is 578 g/mol. The molecule has 1 fully saturated rings. The molecule has 3 amide bonds. The molecule has 3 heterocycles. The first-order valence-electron chi connectivity index (χ1n) is 13.5. The maximum Gasteiger partial charge on any atom is 0.418 e. The number of nitrogens with zero attached hydrogens (tertiary/aromatic N) is 4. The number of urea groups is 1. The molecular weight excluding hydrogens is 547 g/mol. The summed E-state index contributed by atoms with van der Waals surface area (Å²) in [6, 6.07) is 15.1. The Bertz CT molecular complexity index is 1600. The van der Waals surface area contributed by atoms with Gasteiger partial charge in [0, 0.05) is 62.0 Å². The van der Waals surface area contributed by atoms with Gasteiger partial charge >= 0.3 is 12.2 Å². The van der Waals surface area contributed by atoms with Crippen LogP contribution in [0.25, 0.3) is 22.3 Å². The van der Waals surface area contributed by atoms with E-state index in [0.717, 1.165) is 12.6 Å². The number of carbonyl (C=O) groups excluding carboxylic acids is 2. The van der Waals surface area contributed by atoms with Crippen molar-refractivity contribution in [2.75, 3.05) is 55.3 Å². The molecule has 0 bridgehead atoms. The average Bonchev–Trinajstić information content (AvgIpc) is 3.00. The Morgan fingerprint density at radius 1 is 0.929 bits per heavy atom. The quantitative estimate of drug-likeness (QED) is 0.281. The number of carbonyl (C=O) groups is 2. The van der Waals surface area contributed by atoms with Gasteiger partial charge in [-0.25, -0.2) is 9.78 Å². The molecular formula is C30H30F3N7O2. The number of alkyl halides is 3. The number of hydrogen-bond acceptors (Lipinski definition) is 6. The summed E-state index contributed by atoms with van der Waals surface area (Å²) in [5.74, 6) is -0.293. The summed E-state index contributed by atoms with van der Waals surface area (Å²) in [6.45, 7) is 5.27. The molecule has 0 radical (unpaired) electrons. The molecule has 2 aromatic carbocycles. The van der Waals surface area contributed by atoms with E-state index in [0.29, 0.717) is 59.7 Å². The summed E-state index contributed by atoms with van der Waals surface area (Å²) in [5, 5.41) is 7.75. The molecule has 4 aromatic rings. The topological polar surface area (TPSA) is 102 Å². The molecule has 9 nitrogen and oxygen atoms in total. The minimum absolute atomic E-state index is 0.0306. The normalized spacial score (nSPS) is 14.1. The summed E-state index contributed by atoms with van der Waals surface area (Å²) in [6.07, 6.45) is -2.99. The van der Waals surface area contributed by atoms with Crippen molar-refractivity contribution in [1.29, 1.82) is 0 Å². The fourth-order valence-electron chi connectivity index (χ4n) is 4.96. The van der Waals surface area contributed by atoms with E-state index >= 15 is 0 Å². The van der Waals surface area contributed by atoms with Gasteiger partial charge in [-0.1, -0.05) is 19.1 Å². The zero-order valence-corrected chi connectivity index (χ0v) is 23.1. The molecule has 218 valence electrons. The first kappa shape index (κ1) is 28.8. The highest BCUT2D eigenvalue weighted by Crippen LogP contribution is 2.38. The number of halogens is 3. The molecule has 0 unspecified atom stereocenters. The second kappa shape index (κ2) is 12.0. The van der Waals surface area contributed by atoms with Crippen molar-refractivity contribution in [1.82, 2.24) is 20.2 Å². The minimum Gasteiger partial charge on any atom is -0.368 e. The van der Waals surface area contributed by atoms with Crippen LogP contribution < -0.4 is 20.9 Å². The Morgan fingerprint density at radius 2 is 1.62 bits per heavy atom. The molecule has 42 heavy (non-hydrogen) atoms. The zero-order valence-electron chi connectivity index (χ0n) is 23.1. The van der Waals surface area contributed by atoms with Crippen molar-refractivity contribution in [3.8, 4) is 11.3 Å². The number of likely N-dealkylation sites (N-methyl/N-ethyl adjacent to an activating group) is 1. The van der Waals surface area contributed by atoms with Crippen LogP contribution >= 0.6 is 0 Å². The summed E-state index contributed by atoms with van der Waals surface area (Å²) >= 11 is 0. The zero-order chi connectivity index (χ0) is 29.9. The number of amides is 3. The van der Waals surface area contributed by atoms with Gasteiger partial charge in [0.2, 0.25) is 0 Å². The van der Waals surface area contributed by atoms with E-state index < -0.39 is 17.8 Å². The minimum atomic E-state index is -4.58. The molecule has 5 rings (SSSR count). The lowest BCUT2D eigenvalue weighted by Crippen LogP contribution is -2.46. The molecule has 0 saturated carbocycles. The predicted molar refractivity (Wildman–Crippen MR) is 157 cm³/mol. The lowest BCUT2D eigenvalue weighted by atomic mass is 10.1. The number of aromatic nitrogens is 2. The van der Waals surface area contributed by atoms with E-state index in [-0.39, 0.29) is 17.3 Å². The van der Waals surface area contributed by atoms with Crippen LogP contribution in [0.4, 0.5) is 35.0 Å². The Kier molecular flexibility index (Phi) is 8.25. The monoisotopic (exact) mass is 577 g/mol. The van der Waals surface area contributed by atoms with Crippen molar-refractivity contribution in [3.63, 3.8) is 0 Å². The van der Waals surface area contributed by atoms with Crippen LogP contribution in [0.5, 0.6) is 0 Å². The standard InChI is InChI=1S/C30H30F3N7O2/c1-3-39-13-15-40(16-14-39)26-11-10-21(17-23(26)30(31,32)33)37-29(42)36-20-8-6-19(7-9-20)25-18-22(28(41)34-2)27-24(38-25)5-4-12-35-27/h4-12,17-18H,3,13-16H2,1-2H3,(H,34,41)(H2,36,37,42). The van der Waals surface area contributed by atoms with Gasteiger partial charge in [-0.3, -0.25) is 9.78 Å². The number of nitrogens with one attached hydrogen (secondary N) is 3. The summed E-state index contributed by atoms with van der Waals surface area (Å²) in [5.41, 5.74) is 2.44. The van der Waals surface area contributed by atoms with Crippen LogP contribution in [-0.2, 0) is 6.18 Å². The third kappa shape index (κ3) is 6.28. The van der Waals surface area contributed by atoms with Crippen molar-refractivity contribution in [2.45, 2.75) is 13.1 Å². The van der Waals surface area contributed by atoms with Crippen molar-refractivity contribution < 1.29 is 22.8 Å². The number of hydrogen-bond donors (Lipinski definition) is 3. The number of pyridine rings is 2. The molecule has 1 aliphatic heterocycles. The number of piperazine rings is 1. The van der Waals surface area contributed by atoms with Crippen LogP contribution in [0.15, 0.2) is 66.9 Å². The van der Waals surface area contributed by atoms with Gasteiger partial charge < -0.3 is 25.8 Å². The number of fused-ring (bicyclic) bond motifs is 1. The highest BCUT2D eigenvalue weighted by molar-refractivity contribution is 6.05. The van der Waals surface area contributed by atoms with Crippen molar-refractivity contribution >= 4 is 40.0 Å². The summed E-state index contributed by atoms with van der Waals surface area (Å²) in [7, 11) is 1.54.